The van der Waals surface area contributed by atoms with Crippen molar-refractivity contribution in [2.75, 3.05) is 7.11 Å². The first-order valence-electron chi connectivity index (χ1n) is 13.6. The van der Waals surface area contributed by atoms with Crippen LogP contribution in [0.15, 0.2) is 30.9 Å². The highest BCUT2D eigenvalue weighted by atomic mass is 28.4. The van der Waals surface area contributed by atoms with Gasteiger partial charge in [-0.3, -0.25) is 0 Å². The topological polar surface area (TPSA) is 38.7 Å². The first-order valence-corrected chi connectivity index (χ1v) is 15.9. The highest BCUT2D eigenvalue weighted by Gasteiger charge is 2.95. The van der Waals surface area contributed by atoms with E-state index >= 15 is 0 Å². The third-order valence-corrected chi connectivity index (χ3v) is 13.4. The summed E-state index contributed by atoms with van der Waals surface area (Å²) in [7, 11) is -3.03. The molecule has 0 aliphatic heterocycles. The number of hydrogen-bond acceptors (Lipinski definition) is 3. The van der Waals surface area contributed by atoms with Crippen molar-refractivity contribution in [3.8, 4) is 11.5 Å². The lowest BCUT2D eigenvalue weighted by Gasteiger charge is -2.44. The van der Waals surface area contributed by atoms with Gasteiger partial charge in [-0.15, -0.1) is 6.58 Å². The zero-order valence-electron chi connectivity index (χ0n) is 25.6. The second-order valence-electron chi connectivity index (χ2n) is 11.5. The van der Waals surface area contributed by atoms with Gasteiger partial charge in [-0.1, -0.05) is 39.8 Å². The van der Waals surface area contributed by atoms with Gasteiger partial charge in [-0.05, 0) is 41.2 Å². The number of benzene rings is 1. The van der Waals surface area contributed by atoms with Gasteiger partial charge < -0.3 is 14.3 Å². The van der Waals surface area contributed by atoms with Crippen molar-refractivity contribution in [2.45, 2.75) is 111 Å². The molecule has 1 atom stereocenters. The Labute approximate surface area is 264 Å². The monoisotopic (exact) mass is 754 g/mol. The molecule has 0 saturated carbocycles. The molecule has 3 nitrogen and oxygen atoms in total. The molecule has 0 unspecified atom stereocenters. The summed E-state index contributed by atoms with van der Waals surface area (Å²) in [5, 5.41) is 10.3. The van der Waals surface area contributed by atoms with Gasteiger partial charge in [0, 0.05) is 6.42 Å². The van der Waals surface area contributed by atoms with Crippen molar-refractivity contribution in [1.29, 1.82) is 0 Å². The Morgan fingerprint density at radius 2 is 1.10 bits per heavy atom. The van der Waals surface area contributed by atoms with E-state index in [4.69, 9.17) is 9.16 Å². The molecule has 0 amide bonds. The molecule has 0 aromatic heterocycles. The largest absolute Gasteiger partial charge is 0.540 e. The summed E-state index contributed by atoms with van der Waals surface area (Å²) in [6.07, 6.45) is -10.3. The number of halogens is 17. The maximum absolute atomic E-state index is 14.9. The molecule has 48 heavy (non-hydrogen) atoms. The quantitative estimate of drug-likeness (QED) is 0.0978. The average molecular weight is 755 g/mol. The zero-order valence-corrected chi connectivity index (χ0v) is 26.6. The molecule has 280 valence electrons. The standard InChI is InChI=1S/C27H31F17O3Si/c1-7-8-17(45)16-9-10-18(46-6)19(13-16)47-48(14(2)3,15(4)5)12-11-20(28,29)21(30,31)22(32,33)23(34,35)24(36,37)25(38,39)26(40,41)27(42,43)44/h7,9-10,13-15,17,45H,1,8,11-12H2,2-6H3/t17-/m0/s1. The van der Waals surface area contributed by atoms with Gasteiger partial charge in [-0.2, -0.15) is 74.6 Å². The molecule has 0 aliphatic rings. The van der Waals surface area contributed by atoms with Gasteiger partial charge in [0.15, 0.2) is 5.75 Å². The van der Waals surface area contributed by atoms with Gasteiger partial charge in [-0.25, -0.2) is 0 Å². The van der Waals surface area contributed by atoms with Crippen LogP contribution < -0.4 is 9.16 Å². The van der Waals surface area contributed by atoms with E-state index in [9.17, 15) is 79.7 Å². The number of methoxy groups -OCH3 is 1. The Morgan fingerprint density at radius 1 is 0.688 bits per heavy atom. The molecule has 1 N–H and O–H groups in total. The van der Waals surface area contributed by atoms with Crippen molar-refractivity contribution < 1.29 is 88.9 Å². The lowest BCUT2D eigenvalue weighted by Crippen LogP contribution is -2.74. The average Bonchev–Trinajstić information content (AvgIpc) is 2.93. The van der Waals surface area contributed by atoms with Crippen LogP contribution in [-0.4, -0.2) is 68.2 Å². The molecule has 0 saturated heterocycles. The van der Waals surface area contributed by atoms with E-state index in [1.54, 1.807) is 0 Å². The third-order valence-electron chi connectivity index (χ3n) is 7.83. The Balaban J connectivity index is 3.71. The molecule has 0 heterocycles. The van der Waals surface area contributed by atoms with E-state index in [2.05, 4.69) is 6.58 Å². The van der Waals surface area contributed by atoms with Crippen molar-refractivity contribution >= 4 is 8.32 Å². The van der Waals surface area contributed by atoms with Gasteiger partial charge in [0.2, 0.25) is 0 Å². The van der Waals surface area contributed by atoms with Crippen LogP contribution in [0.4, 0.5) is 74.6 Å². The zero-order chi connectivity index (χ0) is 38.3. The van der Waals surface area contributed by atoms with Crippen LogP contribution in [0.25, 0.3) is 0 Å². The van der Waals surface area contributed by atoms with Crippen LogP contribution in [-0.2, 0) is 0 Å². The SMILES string of the molecule is C=CC[C@H](O)c1ccc(OC)c(O[Si](CCC(F)(F)C(F)(F)C(F)(F)C(F)(F)C(F)(F)C(F)(F)C(F)(F)C(F)(F)F)(C(C)C)C(C)C)c1. The molecular weight excluding hydrogens is 723 g/mol. The summed E-state index contributed by atoms with van der Waals surface area (Å²) in [6, 6.07) is 2.36. The minimum Gasteiger partial charge on any atom is -0.540 e. The molecular formula is C27H31F17O3Si. The number of alkyl halides is 17. The Hall–Kier alpha value is -2.45. The summed E-state index contributed by atoms with van der Waals surface area (Å²) in [4.78, 5) is 0. The van der Waals surface area contributed by atoms with Crippen molar-refractivity contribution in [3.63, 3.8) is 0 Å². The first-order chi connectivity index (χ1) is 21.2. The summed E-state index contributed by atoms with van der Waals surface area (Å²) in [6.45, 7) is 8.65. The van der Waals surface area contributed by atoms with Crippen LogP contribution >= 0.6 is 0 Å². The highest BCUT2D eigenvalue weighted by molar-refractivity contribution is 6.77. The van der Waals surface area contributed by atoms with Crippen LogP contribution in [0.2, 0.25) is 17.1 Å². The minimum absolute atomic E-state index is 0.0122. The highest BCUT2D eigenvalue weighted by Crippen LogP contribution is 2.64. The fourth-order valence-electron chi connectivity index (χ4n) is 4.72. The van der Waals surface area contributed by atoms with Gasteiger partial charge in [0.1, 0.15) is 5.75 Å². The Morgan fingerprint density at radius 3 is 1.48 bits per heavy atom. The summed E-state index contributed by atoms with van der Waals surface area (Å²) in [5.74, 6) is -57.2. The first kappa shape index (κ1) is 43.6. The maximum atomic E-state index is 14.9. The van der Waals surface area contributed by atoms with Gasteiger partial charge >= 0.3 is 47.6 Å². The minimum atomic E-state index is -8.68. The molecule has 0 spiro atoms. The Bertz CT molecular complexity index is 1250. The van der Waals surface area contributed by atoms with Crippen molar-refractivity contribution in [2.24, 2.45) is 0 Å². The van der Waals surface area contributed by atoms with E-state index in [0.29, 0.717) is 0 Å². The Kier molecular flexibility index (Phi) is 12.4. The smallest absolute Gasteiger partial charge is 0.460 e. The molecule has 0 fully saturated rings. The second-order valence-corrected chi connectivity index (χ2v) is 16.4. The van der Waals surface area contributed by atoms with E-state index in [1.165, 1.54) is 45.9 Å². The van der Waals surface area contributed by atoms with Crippen molar-refractivity contribution in [3.05, 3.63) is 36.4 Å². The second kappa shape index (κ2) is 13.7. The predicted molar refractivity (Wildman–Crippen MR) is 139 cm³/mol. The van der Waals surface area contributed by atoms with E-state index in [-0.39, 0.29) is 23.5 Å². The third kappa shape index (κ3) is 6.94. The van der Waals surface area contributed by atoms with E-state index < -0.39 is 85.6 Å². The number of aliphatic hydroxyl groups excluding tert-OH is 1. The lowest BCUT2D eigenvalue weighted by molar-refractivity contribution is -0.461. The molecule has 0 bridgehead atoms. The molecule has 1 rings (SSSR count). The van der Waals surface area contributed by atoms with Gasteiger partial charge in [0.25, 0.3) is 8.32 Å². The lowest BCUT2D eigenvalue weighted by atomic mass is 9.88. The summed E-state index contributed by atoms with van der Waals surface area (Å²) < 4.78 is 245. The normalized spacial score (nSPS) is 15.6. The van der Waals surface area contributed by atoms with E-state index in [0.717, 1.165) is 13.2 Å². The fraction of sp³-hybridized carbons (Fsp3) is 0.704. The van der Waals surface area contributed by atoms with Crippen LogP contribution in [0.1, 0.15) is 52.2 Å². The maximum Gasteiger partial charge on any atom is 0.460 e. The number of rotatable bonds is 17. The molecule has 1 aromatic rings. The number of ether oxygens (including phenoxy) is 1. The molecule has 0 aliphatic carbocycles. The van der Waals surface area contributed by atoms with Crippen LogP contribution in [0.3, 0.4) is 0 Å². The number of aliphatic hydroxyl groups is 1. The van der Waals surface area contributed by atoms with Crippen molar-refractivity contribution in [1.82, 2.24) is 0 Å². The predicted octanol–water partition coefficient (Wildman–Crippen LogP) is 10.8. The molecule has 21 heteroatoms. The summed E-state index contributed by atoms with van der Waals surface area (Å²) in [5.41, 5.74) is -1.72. The molecule has 1 aromatic carbocycles. The summed E-state index contributed by atoms with van der Waals surface area (Å²) >= 11 is 0. The number of hydrogen-bond donors (Lipinski definition) is 1. The molecule has 0 radical (unpaired) electrons. The van der Waals surface area contributed by atoms with Crippen LogP contribution in [0.5, 0.6) is 11.5 Å². The van der Waals surface area contributed by atoms with Gasteiger partial charge in [0.05, 0.1) is 13.2 Å². The van der Waals surface area contributed by atoms with E-state index in [1.807, 2.05) is 0 Å². The van der Waals surface area contributed by atoms with Crippen LogP contribution in [0, 0.1) is 0 Å². The fourth-order valence-corrected chi connectivity index (χ4v) is 9.05.